The molecule has 1 aromatic rings. The Morgan fingerprint density at radius 1 is 1.67 bits per heavy atom. The summed E-state index contributed by atoms with van der Waals surface area (Å²) in [6.45, 7) is 2.14. The van der Waals surface area contributed by atoms with Gasteiger partial charge >= 0.3 is 0 Å². The summed E-state index contributed by atoms with van der Waals surface area (Å²) in [7, 11) is 0. The maximum atomic E-state index is 5.39. The van der Waals surface area contributed by atoms with E-state index < -0.39 is 0 Å². The third kappa shape index (κ3) is 0.667. The van der Waals surface area contributed by atoms with Crippen molar-refractivity contribution in [2.45, 2.75) is 25.6 Å². The molecule has 0 amide bonds. The first-order valence-electron chi connectivity index (χ1n) is 4.30. The van der Waals surface area contributed by atoms with Gasteiger partial charge in [0.2, 0.25) is 0 Å². The fraction of sp³-hybridized carbons (Fsp3) is 0.444. The zero-order valence-electron chi connectivity index (χ0n) is 6.90. The van der Waals surface area contributed by atoms with Crippen molar-refractivity contribution >= 4 is 6.20 Å². The average molecular weight is 162 g/mol. The van der Waals surface area contributed by atoms with E-state index in [-0.39, 0.29) is 6.10 Å². The fourth-order valence-corrected chi connectivity index (χ4v) is 1.71. The quantitative estimate of drug-likeness (QED) is 0.584. The van der Waals surface area contributed by atoms with Crippen LogP contribution >= 0.6 is 0 Å². The van der Waals surface area contributed by atoms with Gasteiger partial charge in [-0.2, -0.15) is 0 Å². The molecule has 0 radical (unpaired) electrons. The van der Waals surface area contributed by atoms with Crippen LogP contribution < -0.4 is 0 Å². The second kappa shape index (κ2) is 1.98. The van der Waals surface area contributed by atoms with Gasteiger partial charge in [-0.1, -0.05) is 6.92 Å². The van der Waals surface area contributed by atoms with Crippen LogP contribution in [-0.4, -0.2) is 15.7 Å². The monoisotopic (exact) mass is 162 g/mol. The molecule has 0 aliphatic carbocycles. The SMILES string of the molecule is CCc1cnc2n1C=CC1OC21. The first-order valence-corrected chi connectivity index (χ1v) is 4.30. The van der Waals surface area contributed by atoms with E-state index >= 15 is 0 Å². The number of hydrogen-bond acceptors (Lipinski definition) is 2. The van der Waals surface area contributed by atoms with Crippen LogP contribution in [0.4, 0.5) is 0 Å². The minimum absolute atomic E-state index is 0.246. The molecule has 2 aliphatic rings. The molecule has 2 unspecified atom stereocenters. The predicted octanol–water partition coefficient (Wildman–Crippen LogP) is 1.37. The largest absolute Gasteiger partial charge is 0.357 e. The highest BCUT2D eigenvalue weighted by Crippen LogP contribution is 2.42. The van der Waals surface area contributed by atoms with Crippen LogP contribution in [0.5, 0.6) is 0 Å². The zero-order chi connectivity index (χ0) is 8.13. The number of rotatable bonds is 1. The molecule has 0 N–H and O–H groups in total. The summed E-state index contributed by atoms with van der Waals surface area (Å²) >= 11 is 0. The molecular formula is C9H10N2O. The third-order valence-corrected chi connectivity index (χ3v) is 2.47. The van der Waals surface area contributed by atoms with E-state index in [4.69, 9.17) is 4.74 Å². The number of imidazole rings is 1. The molecule has 3 nitrogen and oxygen atoms in total. The lowest BCUT2D eigenvalue weighted by Crippen LogP contribution is -2.04. The number of epoxide rings is 1. The normalized spacial score (nSPS) is 29.8. The van der Waals surface area contributed by atoms with E-state index in [1.54, 1.807) is 0 Å². The zero-order valence-corrected chi connectivity index (χ0v) is 6.90. The predicted molar refractivity (Wildman–Crippen MR) is 44.5 cm³/mol. The van der Waals surface area contributed by atoms with Crippen LogP contribution in [0.1, 0.15) is 24.5 Å². The Bertz CT molecular complexity index is 353. The number of fused-ring (bicyclic) bond motifs is 3. The van der Waals surface area contributed by atoms with E-state index in [1.807, 2.05) is 6.20 Å². The van der Waals surface area contributed by atoms with Crippen molar-refractivity contribution in [1.82, 2.24) is 9.55 Å². The molecule has 1 saturated heterocycles. The first-order chi connectivity index (χ1) is 5.90. The molecule has 0 aromatic carbocycles. The summed E-state index contributed by atoms with van der Waals surface area (Å²) in [4.78, 5) is 4.34. The Morgan fingerprint density at radius 3 is 3.42 bits per heavy atom. The van der Waals surface area contributed by atoms with Gasteiger partial charge in [-0.3, -0.25) is 0 Å². The molecule has 0 bridgehead atoms. The highest BCUT2D eigenvalue weighted by Gasteiger charge is 2.43. The highest BCUT2D eigenvalue weighted by atomic mass is 16.6. The molecule has 3 heterocycles. The summed E-state index contributed by atoms with van der Waals surface area (Å²) in [6, 6.07) is 0. The van der Waals surface area contributed by atoms with Crippen molar-refractivity contribution in [3.05, 3.63) is 23.8 Å². The number of hydrogen-bond donors (Lipinski definition) is 0. The second-order valence-electron chi connectivity index (χ2n) is 3.19. The summed E-state index contributed by atoms with van der Waals surface area (Å²) in [6.07, 6.45) is 7.67. The summed E-state index contributed by atoms with van der Waals surface area (Å²) in [5, 5.41) is 0. The number of aryl methyl sites for hydroxylation is 1. The van der Waals surface area contributed by atoms with Crippen LogP contribution in [-0.2, 0) is 11.2 Å². The third-order valence-electron chi connectivity index (χ3n) is 2.47. The average Bonchev–Trinajstić information content (AvgIpc) is 2.78. The van der Waals surface area contributed by atoms with Gasteiger partial charge in [0.05, 0.1) is 0 Å². The van der Waals surface area contributed by atoms with Crippen molar-refractivity contribution in [2.24, 2.45) is 0 Å². The maximum absolute atomic E-state index is 5.39. The topological polar surface area (TPSA) is 30.4 Å². The standard InChI is InChI=1S/C9H10N2O/c1-2-6-5-10-9-8-7(12-8)3-4-11(6)9/h3-5,7-8H,2H2,1H3. The molecule has 0 saturated carbocycles. The highest BCUT2D eigenvalue weighted by molar-refractivity contribution is 5.39. The van der Waals surface area contributed by atoms with Crippen molar-refractivity contribution < 1.29 is 4.74 Å². The Balaban J connectivity index is 2.16. The van der Waals surface area contributed by atoms with Gasteiger partial charge in [0.1, 0.15) is 18.0 Å². The van der Waals surface area contributed by atoms with Gasteiger partial charge in [0.15, 0.2) is 0 Å². The van der Waals surface area contributed by atoms with Crippen LogP contribution in [0, 0.1) is 0 Å². The molecular weight excluding hydrogens is 152 g/mol. The molecule has 2 aliphatic heterocycles. The minimum atomic E-state index is 0.246. The molecule has 62 valence electrons. The van der Waals surface area contributed by atoms with Crippen molar-refractivity contribution in [3.63, 3.8) is 0 Å². The number of aromatic nitrogens is 2. The van der Waals surface area contributed by atoms with Crippen molar-refractivity contribution in [2.75, 3.05) is 0 Å². The Labute approximate surface area is 70.7 Å². The summed E-state index contributed by atoms with van der Waals surface area (Å²) < 4.78 is 7.53. The molecule has 12 heavy (non-hydrogen) atoms. The van der Waals surface area contributed by atoms with Crippen LogP contribution in [0.3, 0.4) is 0 Å². The van der Waals surface area contributed by atoms with Gasteiger partial charge in [-0.05, 0) is 12.5 Å². The lowest BCUT2D eigenvalue weighted by atomic mass is 10.2. The van der Waals surface area contributed by atoms with Gasteiger partial charge < -0.3 is 9.30 Å². The number of ether oxygens (including phenoxy) is 1. The summed E-state index contributed by atoms with van der Waals surface area (Å²) in [5.41, 5.74) is 1.26. The van der Waals surface area contributed by atoms with E-state index in [1.165, 1.54) is 5.69 Å². The fourth-order valence-electron chi connectivity index (χ4n) is 1.71. The van der Waals surface area contributed by atoms with Gasteiger partial charge in [0.25, 0.3) is 0 Å². The molecule has 0 spiro atoms. The maximum Gasteiger partial charge on any atom is 0.146 e. The van der Waals surface area contributed by atoms with Gasteiger partial charge in [-0.25, -0.2) is 4.98 Å². The van der Waals surface area contributed by atoms with Crippen molar-refractivity contribution in [1.29, 1.82) is 0 Å². The second-order valence-corrected chi connectivity index (χ2v) is 3.19. The van der Waals surface area contributed by atoms with Crippen LogP contribution in [0.15, 0.2) is 12.3 Å². The van der Waals surface area contributed by atoms with Crippen LogP contribution in [0.25, 0.3) is 6.20 Å². The lowest BCUT2D eigenvalue weighted by Gasteiger charge is -2.05. The van der Waals surface area contributed by atoms with Crippen LogP contribution in [0.2, 0.25) is 0 Å². The lowest BCUT2D eigenvalue weighted by molar-refractivity contribution is 0.389. The molecule has 1 fully saturated rings. The van der Waals surface area contributed by atoms with Gasteiger partial charge in [-0.15, -0.1) is 0 Å². The Hall–Kier alpha value is -1.09. The smallest absolute Gasteiger partial charge is 0.146 e. The van der Waals surface area contributed by atoms with Gasteiger partial charge in [0, 0.05) is 18.1 Å². The Kier molecular flexibility index (Phi) is 1.06. The van der Waals surface area contributed by atoms with E-state index in [9.17, 15) is 0 Å². The van der Waals surface area contributed by atoms with E-state index in [0.29, 0.717) is 6.10 Å². The van der Waals surface area contributed by atoms with E-state index in [2.05, 4.69) is 28.8 Å². The molecule has 1 aromatic heterocycles. The Morgan fingerprint density at radius 2 is 2.58 bits per heavy atom. The minimum Gasteiger partial charge on any atom is -0.357 e. The van der Waals surface area contributed by atoms with Crippen molar-refractivity contribution in [3.8, 4) is 0 Å². The molecule has 2 atom stereocenters. The van der Waals surface area contributed by atoms with E-state index in [0.717, 1.165) is 12.2 Å². The molecule has 3 heteroatoms. The number of nitrogens with zero attached hydrogens (tertiary/aromatic N) is 2. The summed E-state index contributed by atoms with van der Waals surface area (Å²) in [5.74, 6) is 1.07. The first kappa shape index (κ1) is 6.43. The molecule has 3 rings (SSSR count).